The average Bonchev–Trinajstić information content (AvgIpc) is 2.86. The summed E-state index contributed by atoms with van der Waals surface area (Å²) in [5, 5.41) is 5.48. The van der Waals surface area contributed by atoms with Gasteiger partial charge in [-0.25, -0.2) is 4.79 Å². The molecule has 0 aliphatic rings. The van der Waals surface area contributed by atoms with Crippen molar-refractivity contribution in [3.8, 4) is 5.75 Å². The van der Waals surface area contributed by atoms with Crippen LogP contribution in [0, 0.1) is 0 Å². The molecule has 7 nitrogen and oxygen atoms in total. The summed E-state index contributed by atoms with van der Waals surface area (Å²) < 4.78 is 10.3. The number of methoxy groups -OCH3 is 1. The van der Waals surface area contributed by atoms with Crippen molar-refractivity contribution in [3.05, 3.63) is 54.1 Å². The van der Waals surface area contributed by atoms with Crippen LogP contribution in [-0.2, 0) is 14.3 Å². The molecule has 2 aromatic rings. The number of amides is 2. The molecule has 0 unspecified atom stereocenters. The van der Waals surface area contributed by atoms with Crippen molar-refractivity contribution in [3.63, 3.8) is 0 Å². The maximum atomic E-state index is 12.4. The molecule has 0 aliphatic carbocycles. The largest absolute Gasteiger partial charge is 0.495 e. The molecule has 2 rings (SSSR count). The lowest BCUT2D eigenvalue weighted by Gasteiger charge is -2.10. The van der Waals surface area contributed by atoms with Gasteiger partial charge in [0.1, 0.15) is 5.75 Å². The predicted molar refractivity (Wildman–Crippen MR) is 139 cm³/mol. The van der Waals surface area contributed by atoms with Crippen LogP contribution in [0.25, 0.3) is 0 Å². The van der Waals surface area contributed by atoms with Gasteiger partial charge in [-0.2, -0.15) is 0 Å². The van der Waals surface area contributed by atoms with Gasteiger partial charge in [-0.1, -0.05) is 76.5 Å². The molecule has 2 N–H and O–H groups in total. The molecule has 35 heavy (non-hydrogen) atoms. The number of hydrogen-bond acceptors (Lipinski definition) is 5. The molecule has 0 aromatic heterocycles. The van der Waals surface area contributed by atoms with Crippen molar-refractivity contribution in [2.75, 3.05) is 24.4 Å². The summed E-state index contributed by atoms with van der Waals surface area (Å²) >= 11 is 0. The minimum atomic E-state index is -0.643. The topological polar surface area (TPSA) is 93.7 Å². The van der Waals surface area contributed by atoms with Crippen LogP contribution in [-0.4, -0.2) is 31.5 Å². The molecular formula is C28H38N2O5. The van der Waals surface area contributed by atoms with Gasteiger partial charge >= 0.3 is 5.97 Å². The first kappa shape index (κ1) is 27.9. The number of rotatable bonds is 16. The zero-order valence-electron chi connectivity index (χ0n) is 20.9. The van der Waals surface area contributed by atoms with E-state index < -0.39 is 18.5 Å². The van der Waals surface area contributed by atoms with Crippen molar-refractivity contribution in [1.82, 2.24) is 0 Å². The van der Waals surface area contributed by atoms with Gasteiger partial charge in [0.25, 0.3) is 5.91 Å². The smallest absolute Gasteiger partial charge is 0.338 e. The summed E-state index contributed by atoms with van der Waals surface area (Å²) in [6, 6.07) is 13.5. The molecule has 0 aliphatic heterocycles. The quantitative estimate of drug-likeness (QED) is 0.215. The van der Waals surface area contributed by atoms with Gasteiger partial charge < -0.3 is 20.1 Å². The molecule has 190 valence electrons. The second-order valence-electron chi connectivity index (χ2n) is 8.53. The summed E-state index contributed by atoms with van der Waals surface area (Å²) in [4.78, 5) is 36.8. The SMILES string of the molecule is CCCCCCCCCCCC(=O)Nc1cccc(C(=O)OCC(=O)Nc2ccccc2OC)c1. The van der Waals surface area contributed by atoms with Crippen molar-refractivity contribution in [1.29, 1.82) is 0 Å². The standard InChI is InChI=1S/C28H38N2O5/c1-3-4-5-6-7-8-9-10-11-19-26(31)29-23-16-14-15-22(20-23)28(33)35-21-27(32)30-24-17-12-13-18-25(24)34-2/h12-18,20H,3-11,19,21H2,1-2H3,(H,29,31)(H,30,32). The summed E-state index contributed by atoms with van der Waals surface area (Å²) in [5.41, 5.74) is 1.28. The molecule has 2 amide bonds. The van der Waals surface area contributed by atoms with Gasteiger partial charge in [0.15, 0.2) is 6.61 Å². The highest BCUT2D eigenvalue weighted by atomic mass is 16.5. The van der Waals surface area contributed by atoms with Crippen LogP contribution in [0.5, 0.6) is 5.75 Å². The van der Waals surface area contributed by atoms with Crippen molar-refractivity contribution in [2.45, 2.75) is 71.1 Å². The number of carbonyl (C=O) groups is 3. The van der Waals surface area contributed by atoms with Gasteiger partial charge in [-0.05, 0) is 36.8 Å². The minimum absolute atomic E-state index is 0.0744. The zero-order valence-corrected chi connectivity index (χ0v) is 20.9. The van der Waals surface area contributed by atoms with Crippen LogP contribution >= 0.6 is 0 Å². The van der Waals surface area contributed by atoms with E-state index in [1.807, 2.05) is 0 Å². The van der Waals surface area contributed by atoms with Crippen molar-refractivity contribution >= 4 is 29.2 Å². The van der Waals surface area contributed by atoms with Gasteiger partial charge in [-0.3, -0.25) is 9.59 Å². The van der Waals surface area contributed by atoms with Crippen LogP contribution in [0.4, 0.5) is 11.4 Å². The number of para-hydroxylation sites is 2. The molecule has 2 aromatic carbocycles. The lowest BCUT2D eigenvalue weighted by Crippen LogP contribution is -2.21. The lowest BCUT2D eigenvalue weighted by molar-refractivity contribution is -0.119. The van der Waals surface area contributed by atoms with E-state index in [2.05, 4.69) is 17.6 Å². The first-order chi connectivity index (χ1) is 17.0. The molecular weight excluding hydrogens is 444 g/mol. The highest BCUT2D eigenvalue weighted by Gasteiger charge is 2.13. The Bertz CT molecular complexity index is 944. The molecule has 0 radical (unpaired) electrons. The van der Waals surface area contributed by atoms with E-state index >= 15 is 0 Å². The number of ether oxygens (including phenoxy) is 2. The maximum absolute atomic E-state index is 12.4. The third-order valence-corrected chi connectivity index (χ3v) is 5.60. The Morgan fingerprint density at radius 2 is 1.46 bits per heavy atom. The second kappa shape index (κ2) is 16.3. The Balaban J connectivity index is 1.69. The number of nitrogens with one attached hydrogen (secondary N) is 2. The van der Waals surface area contributed by atoms with E-state index in [0.717, 1.165) is 19.3 Å². The molecule has 7 heteroatoms. The Hall–Kier alpha value is -3.35. The van der Waals surface area contributed by atoms with E-state index in [0.29, 0.717) is 23.5 Å². The predicted octanol–water partition coefficient (Wildman–Crippen LogP) is 6.35. The second-order valence-corrected chi connectivity index (χ2v) is 8.53. The van der Waals surface area contributed by atoms with E-state index in [1.54, 1.807) is 48.5 Å². The Labute approximate surface area is 208 Å². The summed E-state index contributed by atoms with van der Waals surface area (Å²) in [6.07, 6.45) is 11.2. The third-order valence-electron chi connectivity index (χ3n) is 5.60. The average molecular weight is 483 g/mol. The monoisotopic (exact) mass is 482 g/mol. The Morgan fingerprint density at radius 1 is 0.771 bits per heavy atom. The number of esters is 1. The van der Waals surface area contributed by atoms with Crippen LogP contribution in [0.3, 0.4) is 0 Å². The Morgan fingerprint density at radius 3 is 2.17 bits per heavy atom. The van der Waals surface area contributed by atoms with E-state index in [1.165, 1.54) is 45.6 Å². The normalized spacial score (nSPS) is 10.5. The van der Waals surface area contributed by atoms with E-state index in [4.69, 9.17) is 9.47 Å². The summed E-state index contributed by atoms with van der Waals surface area (Å²) in [5.74, 6) is -0.684. The number of unbranched alkanes of at least 4 members (excludes halogenated alkanes) is 8. The lowest BCUT2D eigenvalue weighted by atomic mass is 10.1. The fourth-order valence-corrected chi connectivity index (χ4v) is 3.69. The fraction of sp³-hybridized carbons (Fsp3) is 0.464. The van der Waals surface area contributed by atoms with Crippen LogP contribution < -0.4 is 15.4 Å². The third kappa shape index (κ3) is 11.1. The summed E-state index contributed by atoms with van der Waals surface area (Å²) in [6.45, 7) is 1.78. The van der Waals surface area contributed by atoms with Gasteiger partial charge in [0, 0.05) is 12.1 Å². The summed E-state index contributed by atoms with van der Waals surface area (Å²) in [7, 11) is 1.51. The number of anilines is 2. The molecule has 0 saturated carbocycles. The Kier molecular flexibility index (Phi) is 13.0. The van der Waals surface area contributed by atoms with Crippen molar-refractivity contribution < 1.29 is 23.9 Å². The molecule has 0 fully saturated rings. The highest BCUT2D eigenvalue weighted by molar-refractivity contribution is 5.97. The maximum Gasteiger partial charge on any atom is 0.338 e. The van der Waals surface area contributed by atoms with Gasteiger partial charge in [0.05, 0.1) is 18.4 Å². The molecule has 0 spiro atoms. The molecule has 0 atom stereocenters. The number of hydrogen-bond donors (Lipinski definition) is 2. The van der Waals surface area contributed by atoms with Gasteiger partial charge in [-0.15, -0.1) is 0 Å². The van der Waals surface area contributed by atoms with Crippen LogP contribution in [0.15, 0.2) is 48.5 Å². The number of carbonyl (C=O) groups excluding carboxylic acids is 3. The van der Waals surface area contributed by atoms with Crippen molar-refractivity contribution in [2.24, 2.45) is 0 Å². The fourth-order valence-electron chi connectivity index (χ4n) is 3.69. The first-order valence-corrected chi connectivity index (χ1v) is 12.5. The zero-order chi connectivity index (χ0) is 25.3. The van der Waals surface area contributed by atoms with Gasteiger partial charge in [0.2, 0.25) is 5.91 Å². The van der Waals surface area contributed by atoms with Crippen LogP contribution in [0.2, 0.25) is 0 Å². The molecule has 0 saturated heterocycles. The first-order valence-electron chi connectivity index (χ1n) is 12.5. The van der Waals surface area contributed by atoms with Crippen LogP contribution in [0.1, 0.15) is 81.5 Å². The molecule has 0 heterocycles. The van der Waals surface area contributed by atoms with E-state index in [9.17, 15) is 14.4 Å². The number of benzene rings is 2. The minimum Gasteiger partial charge on any atom is -0.495 e. The molecule has 0 bridgehead atoms. The van der Waals surface area contributed by atoms with E-state index in [-0.39, 0.29) is 11.5 Å². The highest BCUT2D eigenvalue weighted by Crippen LogP contribution is 2.23.